The quantitative estimate of drug-likeness (QED) is 0.654. The van der Waals surface area contributed by atoms with Gasteiger partial charge in [-0.05, 0) is 31.9 Å². The van der Waals surface area contributed by atoms with E-state index in [4.69, 9.17) is 15.2 Å². The third-order valence-corrected chi connectivity index (χ3v) is 5.97. The largest absolute Gasteiger partial charge is 0.492 e. The van der Waals surface area contributed by atoms with Crippen LogP contribution in [0.3, 0.4) is 0 Å². The average Bonchev–Trinajstić information content (AvgIpc) is 2.68. The number of carbonyl (C=O) groups excluding carboxylic acids is 1. The van der Waals surface area contributed by atoms with Gasteiger partial charge in [-0.3, -0.25) is 4.79 Å². The second-order valence-corrected chi connectivity index (χ2v) is 8.83. The van der Waals surface area contributed by atoms with Gasteiger partial charge in [-0.25, -0.2) is 0 Å². The summed E-state index contributed by atoms with van der Waals surface area (Å²) < 4.78 is 12.3. The summed E-state index contributed by atoms with van der Waals surface area (Å²) in [6.45, 7) is 11.6. The number of rotatable bonds is 6. The molecule has 2 saturated heterocycles. The molecule has 1 aromatic carbocycles. The van der Waals surface area contributed by atoms with E-state index in [1.165, 1.54) is 0 Å². The van der Waals surface area contributed by atoms with Crippen LogP contribution in [0.25, 0.3) is 6.08 Å². The SMILES string of the molecule is C=C1CC(OC(C)C)CC2(CCN(C(=O)c3cccc(/C=C\CCC)c3N)CC2)O1. The smallest absolute Gasteiger partial charge is 0.255 e. The highest BCUT2D eigenvalue weighted by atomic mass is 16.5. The number of carbonyl (C=O) groups is 1. The van der Waals surface area contributed by atoms with E-state index in [9.17, 15) is 4.79 Å². The fraction of sp³-hybridized carbons (Fsp3) is 0.560. The lowest BCUT2D eigenvalue weighted by Gasteiger charge is -2.47. The van der Waals surface area contributed by atoms with E-state index in [0.717, 1.165) is 49.8 Å². The predicted molar refractivity (Wildman–Crippen MR) is 122 cm³/mol. The van der Waals surface area contributed by atoms with Crippen LogP contribution in [-0.4, -0.2) is 41.7 Å². The summed E-state index contributed by atoms with van der Waals surface area (Å²) >= 11 is 0. The van der Waals surface area contributed by atoms with Gasteiger partial charge in [0.1, 0.15) is 5.60 Å². The van der Waals surface area contributed by atoms with E-state index in [1.54, 1.807) is 0 Å². The Morgan fingerprint density at radius 3 is 2.80 bits per heavy atom. The standard InChI is InChI=1S/C25H36N2O3/c1-5-6-7-9-20-10-8-11-22(23(20)26)24(28)27-14-12-25(13-15-27)17-21(29-18(2)3)16-19(4)30-25/h7-11,18,21H,4-6,12-17,26H2,1-3H3/b9-7-. The van der Waals surface area contributed by atoms with Gasteiger partial charge in [0.2, 0.25) is 0 Å². The second-order valence-electron chi connectivity index (χ2n) is 8.83. The lowest BCUT2D eigenvalue weighted by Crippen LogP contribution is -2.51. The number of hydrogen-bond acceptors (Lipinski definition) is 4. The van der Waals surface area contributed by atoms with Crippen LogP contribution >= 0.6 is 0 Å². The molecule has 0 radical (unpaired) electrons. The molecule has 5 heteroatoms. The number of unbranched alkanes of at least 4 members (excludes halogenated alkanes) is 1. The van der Waals surface area contributed by atoms with Crippen LogP contribution in [-0.2, 0) is 9.47 Å². The molecule has 0 aliphatic carbocycles. The van der Waals surface area contributed by atoms with Crippen LogP contribution in [0, 0.1) is 0 Å². The third kappa shape index (κ3) is 5.25. The van der Waals surface area contributed by atoms with Gasteiger partial charge in [0.05, 0.1) is 29.2 Å². The molecule has 2 N–H and O–H groups in total. The Hall–Kier alpha value is -2.27. The second kappa shape index (κ2) is 9.69. The minimum Gasteiger partial charge on any atom is -0.492 e. The van der Waals surface area contributed by atoms with Gasteiger partial charge in [0.25, 0.3) is 5.91 Å². The summed E-state index contributed by atoms with van der Waals surface area (Å²) in [6.07, 6.45) is 9.68. The maximum atomic E-state index is 13.2. The van der Waals surface area contributed by atoms with E-state index in [1.807, 2.05) is 29.2 Å². The Morgan fingerprint density at radius 1 is 1.40 bits per heavy atom. The van der Waals surface area contributed by atoms with Gasteiger partial charge in [0, 0.05) is 38.8 Å². The van der Waals surface area contributed by atoms with Crippen LogP contribution in [0.5, 0.6) is 0 Å². The van der Waals surface area contributed by atoms with Crippen molar-refractivity contribution in [2.24, 2.45) is 0 Å². The van der Waals surface area contributed by atoms with Crippen molar-refractivity contribution in [3.8, 4) is 0 Å². The Balaban J connectivity index is 1.67. The molecule has 2 heterocycles. The first-order valence-electron chi connectivity index (χ1n) is 11.2. The van der Waals surface area contributed by atoms with Gasteiger partial charge < -0.3 is 20.1 Å². The van der Waals surface area contributed by atoms with Gasteiger partial charge in [-0.15, -0.1) is 0 Å². The number of nitrogens with two attached hydrogens (primary N) is 1. The van der Waals surface area contributed by atoms with Gasteiger partial charge >= 0.3 is 0 Å². The number of nitrogen functional groups attached to an aromatic ring is 1. The minimum absolute atomic E-state index is 0.00212. The number of amides is 1. The van der Waals surface area contributed by atoms with E-state index < -0.39 is 0 Å². The summed E-state index contributed by atoms with van der Waals surface area (Å²) in [6, 6.07) is 5.69. The first-order chi connectivity index (χ1) is 14.3. The number of likely N-dealkylation sites (tertiary alicyclic amines) is 1. The zero-order valence-electron chi connectivity index (χ0n) is 18.7. The van der Waals surface area contributed by atoms with Crippen molar-refractivity contribution in [1.29, 1.82) is 0 Å². The summed E-state index contributed by atoms with van der Waals surface area (Å²) in [5.41, 5.74) is 8.11. The summed E-state index contributed by atoms with van der Waals surface area (Å²) in [7, 11) is 0. The fourth-order valence-electron chi connectivity index (χ4n) is 4.50. The number of benzene rings is 1. The molecule has 0 bridgehead atoms. The maximum absolute atomic E-state index is 13.2. The Labute approximate surface area is 180 Å². The molecule has 2 aliphatic rings. The first-order valence-corrected chi connectivity index (χ1v) is 11.2. The molecule has 3 rings (SSSR count). The highest BCUT2D eigenvalue weighted by Crippen LogP contribution is 2.40. The van der Waals surface area contributed by atoms with E-state index >= 15 is 0 Å². The van der Waals surface area contributed by atoms with Crippen LogP contribution in [0.1, 0.15) is 75.2 Å². The Bertz CT molecular complexity index is 792. The fourth-order valence-corrected chi connectivity index (χ4v) is 4.50. The minimum atomic E-state index is -0.276. The summed E-state index contributed by atoms with van der Waals surface area (Å²) in [5, 5.41) is 0. The molecule has 5 nitrogen and oxygen atoms in total. The van der Waals surface area contributed by atoms with Crippen molar-refractivity contribution in [2.75, 3.05) is 18.8 Å². The van der Waals surface area contributed by atoms with Crippen LogP contribution < -0.4 is 5.73 Å². The van der Waals surface area contributed by atoms with Crippen molar-refractivity contribution in [1.82, 2.24) is 4.90 Å². The number of ether oxygens (including phenoxy) is 2. The molecule has 1 unspecified atom stereocenters. The van der Waals surface area contributed by atoms with Crippen molar-refractivity contribution < 1.29 is 14.3 Å². The van der Waals surface area contributed by atoms with E-state index in [0.29, 0.717) is 24.3 Å². The summed E-state index contributed by atoms with van der Waals surface area (Å²) in [4.78, 5) is 15.1. The Morgan fingerprint density at radius 2 is 2.13 bits per heavy atom. The third-order valence-electron chi connectivity index (χ3n) is 5.97. The molecular formula is C25H36N2O3. The molecule has 1 spiro atoms. The van der Waals surface area contributed by atoms with E-state index in [-0.39, 0.29) is 23.7 Å². The van der Waals surface area contributed by atoms with Crippen LogP contribution in [0.2, 0.25) is 0 Å². The van der Waals surface area contributed by atoms with Crippen molar-refractivity contribution in [3.63, 3.8) is 0 Å². The maximum Gasteiger partial charge on any atom is 0.255 e. The van der Waals surface area contributed by atoms with Gasteiger partial charge in [-0.2, -0.15) is 0 Å². The number of piperidine rings is 1. The summed E-state index contributed by atoms with van der Waals surface area (Å²) in [5.74, 6) is 0.792. The van der Waals surface area contributed by atoms with Crippen molar-refractivity contribution >= 4 is 17.7 Å². The zero-order chi connectivity index (χ0) is 21.7. The Kier molecular flexibility index (Phi) is 7.24. The molecule has 2 fully saturated rings. The normalized spacial score (nSPS) is 21.4. The van der Waals surface area contributed by atoms with Crippen molar-refractivity contribution in [2.45, 2.75) is 77.1 Å². The highest BCUT2D eigenvalue weighted by Gasteiger charge is 2.43. The number of anilines is 1. The number of nitrogens with zero attached hydrogens (tertiary/aromatic N) is 1. The lowest BCUT2D eigenvalue weighted by molar-refractivity contribution is -0.129. The van der Waals surface area contributed by atoms with Crippen LogP contribution in [0.15, 0.2) is 36.6 Å². The predicted octanol–water partition coefficient (Wildman–Crippen LogP) is 5.17. The molecule has 0 saturated carbocycles. The molecule has 1 amide bonds. The molecule has 2 aliphatic heterocycles. The monoisotopic (exact) mass is 412 g/mol. The lowest BCUT2D eigenvalue weighted by atomic mass is 9.82. The molecule has 1 aromatic rings. The molecule has 30 heavy (non-hydrogen) atoms. The number of allylic oxidation sites excluding steroid dienone is 1. The molecule has 1 atom stereocenters. The molecule has 164 valence electrons. The molecule has 0 aromatic heterocycles. The van der Waals surface area contributed by atoms with Crippen molar-refractivity contribution in [3.05, 3.63) is 47.7 Å². The number of hydrogen-bond donors (Lipinski definition) is 1. The van der Waals surface area contributed by atoms with Gasteiger partial charge in [-0.1, -0.05) is 44.2 Å². The zero-order valence-corrected chi connectivity index (χ0v) is 18.7. The molecular weight excluding hydrogens is 376 g/mol. The van der Waals surface area contributed by atoms with Crippen LogP contribution in [0.4, 0.5) is 5.69 Å². The highest BCUT2D eigenvalue weighted by molar-refractivity contribution is 6.00. The number of para-hydroxylation sites is 1. The first kappa shape index (κ1) is 22.4. The topological polar surface area (TPSA) is 64.8 Å². The van der Waals surface area contributed by atoms with Gasteiger partial charge in [0.15, 0.2) is 0 Å². The van der Waals surface area contributed by atoms with E-state index in [2.05, 4.69) is 33.4 Å². The average molecular weight is 413 g/mol.